The summed E-state index contributed by atoms with van der Waals surface area (Å²) in [6.07, 6.45) is 3.54. The third-order valence-corrected chi connectivity index (χ3v) is 3.36. The van der Waals surface area contributed by atoms with Gasteiger partial charge in [-0.2, -0.15) is 9.97 Å². The SMILES string of the molecule is Nc1nc(NCCOc2ccccc2)cc(NCc2cccnc2)n1. The van der Waals surface area contributed by atoms with Gasteiger partial charge in [0.05, 0.1) is 6.54 Å². The first kappa shape index (κ1) is 16.5. The smallest absolute Gasteiger partial charge is 0.223 e. The lowest BCUT2D eigenvalue weighted by Crippen LogP contribution is -2.14. The van der Waals surface area contributed by atoms with Gasteiger partial charge in [-0.05, 0) is 23.8 Å². The van der Waals surface area contributed by atoms with Crippen LogP contribution < -0.4 is 21.1 Å². The van der Waals surface area contributed by atoms with Gasteiger partial charge in [-0.25, -0.2) is 0 Å². The molecule has 0 aliphatic rings. The molecule has 0 aliphatic carbocycles. The summed E-state index contributed by atoms with van der Waals surface area (Å²) in [4.78, 5) is 12.5. The van der Waals surface area contributed by atoms with Crippen molar-refractivity contribution < 1.29 is 4.74 Å². The summed E-state index contributed by atoms with van der Waals surface area (Å²) in [5, 5.41) is 6.40. The highest BCUT2D eigenvalue weighted by molar-refractivity contribution is 5.51. The number of hydrogen-bond donors (Lipinski definition) is 3. The molecule has 2 aromatic heterocycles. The lowest BCUT2D eigenvalue weighted by molar-refractivity contribution is 0.333. The minimum absolute atomic E-state index is 0.211. The molecule has 4 N–H and O–H groups in total. The highest BCUT2D eigenvalue weighted by Crippen LogP contribution is 2.13. The number of pyridine rings is 1. The number of aromatic nitrogens is 3. The van der Waals surface area contributed by atoms with Crippen LogP contribution in [0.15, 0.2) is 60.9 Å². The summed E-state index contributed by atoms with van der Waals surface area (Å²) in [7, 11) is 0. The summed E-state index contributed by atoms with van der Waals surface area (Å²) < 4.78 is 5.63. The molecule has 2 heterocycles. The predicted molar refractivity (Wildman–Crippen MR) is 98.4 cm³/mol. The number of anilines is 3. The van der Waals surface area contributed by atoms with Gasteiger partial charge in [0.2, 0.25) is 5.95 Å². The first-order chi connectivity index (χ1) is 12.3. The fourth-order valence-electron chi connectivity index (χ4n) is 2.21. The zero-order valence-corrected chi connectivity index (χ0v) is 13.7. The van der Waals surface area contributed by atoms with Gasteiger partial charge < -0.3 is 21.1 Å². The Kier molecular flexibility index (Phi) is 5.60. The van der Waals surface area contributed by atoms with Crippen LogP contribution in [0.2, 0.25) is 0 Å². The Bertz CT molecular complexity index is 782. The van der Waals surface area contributed by atoms with E-state index in [0.29, 0.717) is 31.3 Å². The topological polar surface area (TPSA) is 98.0 Å². The number of rotatable bonds is 8. The van der Waals surface area contributed by atoms with E-state index < -0.39 is 0 Å². The summed E-state index contributed by atoms with van der Waals surface area (Å²) in [5.41, 5.74) is 6.84. The van der Waals surface area contributed by atoms with Crippen LogP contribution in [0, 0.1) is 0 Å². The minimum atomic E-state index is 0.211. The first-order valence-corrected chi connectivity index (χ1v) is 7.99. The Labute approximate surface area is 146 Å². The number of ether oxygens (including phenoxy) is 1. The predicted octanol–water partition coefficient (Wildman–Crippen LogP) is 2.56. The molecule has 0 unspecified atom stereocenters. The van der Waals surface area contributed by atoms with E-state index in [4.69, 9.17) is 10.5 Å². The van der Waals surface area contributed by atoms with Gasteiger partial charge in [0.1, 0.15) is 24.0 Å². The lowest BCUT2D eigenvalue weighted by atomic mass is 10.3. The highest BCUT2D eigenvalue weighted by Gasteiger charge is 2.03. The van der Waals surface area contributed by atoms with Crippen LogP contribution in [-0.4, -0.2) is 28.1 Å². The lowest BCUT2D eigenvalue weighted by Gasteiger charge is -2.10. The fraction of sp³-hybridized carbons (Fsp3) is 0.167. The van der Waals surface area contributed by atoms with Gasteiger partial charge in [0.15, 0.2) is 0 Å². The molecule has 128 valence electrons. The Hall–Kier alpha value is -3.35. The van der Waals surface area contributed by atoms with Crippen LogP contribution in [0.25, 0.3) is 0 Å². The van der Waals surface area contributed by atoms with E-state index in [-0.39, 0.29) is 5.95 Å². The number of hydrogen-bond acceptors (Lipinski definition) is 7. The molecule has 3 rings (SSSR count). The van der Waals surface area contributed by atoms with Gasteiger partial charge in [-0.15, -0.1) is 0 Å². The summed E-state index contributed by atoms with van der Waals surface area (Å²) in [6.45, 7) is 1.74. The number of nitrogens with two attached hydrogens (primary N) is 1. The molecule has 7 heteroatoms. The van der Waals surface area contributed by atoms with Crippen molar-refractivity contribution in [1.29, 1.82) is 0 Å². The second-order valence-corrected chi connectivity index (χ2v) is 5.30. The maximum absolute atomic E-state index is 5.78. The second-order valence-electron chi connectivity index (χ2n) is 5.30. The Morgan fingerprint density at radius 1 is 0.960 bits per heavy atom. The molecular formula is C18H20N6O. The molecule has 0 saturated heterocycles. The molecule has 3 aromatic rings. The molecule has 0 radical (unpaired) electrons. The fourth-order valence-corrected chi connectivity index (χ4v) is 2.21. The number of benzene rings is 1. The van der Waals surface area contributed by atoms with Crippen molar-refractivity contribution in [2.45, 2.75) is 6.54 Å². The van der Waals surface area contributed by atoms with Crippen molar-refractivity contribution in [1.82, 2.24) is 15.0 Å². The van der Waals surface area contributed by atoms with Crippen molar-refractivity contribution in [3.63, 3.8) is 0 Å². The summed E-state index contributed by atoms with van der Waals surface area (Å²) >= 11 is 0. The largest absolute Gasteiger partial charge is 0.492 e. The van der Waals surface area contributed by atoms with Crippen molar-refractivity contribution in [3.05, 3.63) is 66.5 Å². The molecule has 0 spiro atoms. The molecule has 0 saturated carbocycles. The average molecular weight is 336 g/mol. The zero-order chi connectivity index (χ0) is 17.3. The van der Waals surface area contributed by atoms with Crippen LogP contribution in [0.4, 0.5) is 17.6 Å². The van der Waals surface area contributed by atoms with E-state index in [1.807, 2.05) is 48.5 Å². The Morgan fingerprint density at radius 2 is 1.76 bits per heavy atom. The van der Waals surface area contributed by atoms with Gasteiger partial charge in [0, 0.05) is 25.0 Å². The van der Waals surface area contributed by atoms with E-state index in [9.17, 15) is 0 Å². The van der Waals surface area contributed by atoms with E-state index in [2.05, 4.69) is 25.6 Å². The van der Waals surface area contributed by atoms with Gasteiger partial charge in [0.25, 0.3) is 0 Å². The number of nitrogens with one attached hydrogen (secondary N) is 2. The van der Waals surface area contributed by atoms with Crippen molar-refractivity contribution in [2.75, 3.05) is 29.5 Å². The monoisotopic (exact) mass is 336 g/mol. The van der Waals surface area contributed by atoms with Crippen molar-refractivity contribution in [3.8, 4) is 5.75 Å². The van der Waals surface area contributed by atoms with E-state index >= 15 is 0 Å². The van der Waals surface area contributed by atoms with Crippen LogP contribution in [0.5, 0.6) is 5.75 Å². The van der Waals surface area contributed by atoms with E-state index in [1.165, 1.54) is 0 Å². The zero-order valence-electron chi connectivity index (χ0n) is 13.7. The van der Waals surface area contributed by atoms with Gasteiger partial charge in [-0.1, -0.05) is 24.3 Å². The van der Waals surface area contributed by atoms with Crippen molar-refractivity contribution in [2.24, 2.45) is 0 Å². The van der Waals surface area contributed by atoms with E-state index in [0.717, 1.165) is 11.3 Å². The molecule has 7 nitrogen and oxygen atoms in total. The maximum Gasteiger partial charge on any atom is 0.223 e. The average Bonchev–Trinajstić information content (AvgIpc) is 2.65. The maximum atomic E-state index is 5.78. The number of nitrogen functional groups attached to an aromatic ring is 1. The standard InChI is InChI=1S/C18H20N6O/c19-18-23-16(21-9-10-25-15-6-2-1-3-7-15)11-17(24-18)22-13-14-5-4-8-20-12-14/h1-8,11-12H,9-10,13H2,(H4,19,21,22,23,24). The molecule has 25 heavy (non-hydrogen) atoms. The van der Waals surface area contributed by atoms with E-state index in [1.54, 1.807) is 12.4 Å². The first-order valence-electron chi connectivity index (χ1n) is 7.99. The molecule has 1 aromatic carbocycles. The Morgan fingerprint density at radius 3 is 2.52 bits per heavy atom. The molecule has 0 fully saturated rings. The highest BCUT2D eigenvalue weighted by atomic mass is 16.5. The normalized spacial score (nSPS) is 10.2. The second kappa shape index (κ2) is 8.49. The number of nitrogens with zero attached hydrogens (tertiary/aromatic N) is 3. The molecule has 0 atom stereocenters. The molecule has 0 aliphatic heterocycles. The third-order valence-electron chi connectivity index (χ3n) is 3.36. The third kappa shape index (κ3) is 5.35. The summed E-state index contributed by atoms with van der Waals surface area (Å²) in [5.74, 6) is 2.36. The van der Waals surface area contributed by atoms with Gasteiger partial charge >= 0.3 is 0 Å². The molecule has 0 amide bonds. The quantitative estimate of drug-likeness (QED) is 0.544. The Balaban J connectivity index is 1.50. The van der Waals surface area contributed by atoms with Crippen molar-refractivity contribution >= 4 is 17.6 Å². The van der Waals surface area contributed by atoms with Crippen LogP contribution in [0.1, 0.15) is 5.56 Å². The molecule has 0 bridgehead atoms. The minimum Gasteiger partial charge on any atom is -0.492 e. The van der Waals surface area contributed by atoms with Gasteiger partial charge in [-0.3, -0.25) is 4.98 Å². The van der Waals surface area contributed by atoms with Crippen LogP contribution >= 0.6 is 0 Å². The summed E-state index contributed by atoms with van der Waals surface area (Å²) in [6, 6.07) is 15.4. The van der Waals surface area contributed by atoms with Crippen LogP contribution in [0.3, 0.4) is 0 Å². The molecular weight excluding hydrogens is 316 g/mol. The van der Waals surface area contributed by atoms with Crippen LogP contribution in [-0.2, 0) is 6.54 Å². The number of para-hydroxylation sites is 1.